The molecule has 0 heterocycles. The summed E-state index contributed by atoms with van der Waals surface area (Å²) in [5.41, 5.74) is 5.27. The predicted octanol–water partition coefficient (Wildman–Crippen LogP) is -1.85. The largest absolute Gasteiger partial charge is 0.395 e. The second kappa shape index (κ2) is 14.8. The fourth-order valence-corrected chi connectivity index (χ4v) is 1.05. The highest BCUT2D eigenvalue weighted by atomic mass is 16.5. The van der Waals surface area contributed by atoms with E-state index in [-0.39, 0.29) is 6.61 Å². The van der Waals surface area contributed by atoms with Crippen molar-refractivity contribution in [3.05, 3.63) is 0 Å². The summed E-state index contributed by atoms with van der Waals surface area (Å²) < 4.78 is 10.5. The quantitative estimate of drug-likeness (QED) is 0.280. The molecule has 0 saturated heterocycles. The SMILES string of the molecule is NCCOCCNCCOCCNCCO. The molecule has 0 radical (unpaired) electrons. The minimum absolute atomic E-state index is 0.171. The Morgan fingerprint density at radius 2 is 1.31 bits per heavy atom. The average Bonchev–Trinajstić information content (AvgIpc) is 2.31. The van der Waals surface area contributed by atoms with Crippen LogP contribution in [0.3, 0.4) is 0 Å². The second-order valence-corrected chi connectivity index (χ2v) is 3.24. The zero-order valence-electron chi connectivity index (χ0n) is 9.91. The van der Waals surface area contributed by atoms with Crippen LogP contribution in [0.15, 0.2) is 0 Å². The van der Waals surface area contributed by atoms with E-state index in [9.17, 15) is 0 Å². The molecule has 0 aliphatic heterocycles. The van der Waals surface area contributed by atoms with Crippen molar-refractivity contribution in [3.63, 3.8) is 0 Å². The van der Waals surface area contributed by atoms with Gasteiger partial charge in [0.05, 0.1) is 33.0 Å². The van der Waals surface area contributed by atoms with Gasteiger partial charge in [-0.15, -0.1) is 0 Å². The number of nitrogens with one attached hydrogen (secondary N) is 2. The van der Waals surface area contributed by atoms with Gasteiger partial charge in [-0.3, -0.25) is 0 Å². The standard InChI is InChI=1S/C10H25N3O3/c11-1-7-15-8-4-13-5-10-16-9-3-12-2-6-14/h12-14H,1-11H2. The van der Waals surface area contributed by atoms with Crippen molar-refractivity contribution >= 4 is 0 Å². The summed E-state index contributed by atoms with van der Waals surface area (Å²) in [6.45, 7) is 6.47. The van der Waals surface area contributed by atoms with E-state index in [0.29, 0.717) is 39.5 Å². The molecule has 0 aliphatic rings. The van der Waals surface area contributed by atoms with E-state index in [2.05, 4.69) is 10.6 Å². The van der Waals surface area contributed by atoms with Crippen LogP contribution in [0.2, 0.25) is 0 Å². The molecule has 16 heavy (non-hydrogen) atoms. The van der Waals surface area contributed by atoms with Crippen LogP contribution in [0.5, 0.6) is 0 Å². The van der Waals surface area contributed by atoms with Crippen LogP contribution >= 0.6 is 0 Å². The molecule has 0 bridgehead atoms. The Hall–Kier alpha value is -0.240. The van der Waals surface area contributed by atoms with E-state index in [1.54, 1.807) is 0 Å². The predicted molar refractivity (Wildman–Crippen MR) is 63.5 cm³/mol. The van der Waals surface area contributed by atoms with Gasteiger partial charge in [0.25, 0.3) is 0 Å². The molecule has 6 heteroatoms. The van der Waals surface area contributed by atoms with Crippen LogP contribution in [0.4, 0.5) is 0 Å². The molecule has 0 spiro atoms. The number of aliphatic hydroxyl groups is 1. The normalized spacial score (nSPS) is 10.9. The topological polar surface area (TPSA) is 88.8 Å². The zero-order valence-corrected chi connectivity index (χ0v) is 9.91. The number of hydrogen-bond donors (Lipinski definition) is 4. The van der Waals surface area contributed by atoms with E-state index < -0.39 is 0 Å². The zero-order chi connectivity index (χ0) is 11.9. The van der Waals surface area contributed by atoms with Gasteiger partial charge >= 0.3 is 0 Å². The molecule has 98 valence electrons. The van der Waals surface area contributed by atoms with Gasteiger partial charge in [-0.05, 0) is 0 Å². The Kier molecular flexibility index (Phi) is 14.5. The maximum absolute atomic E-state index is 8.49. The second-order valence-electron chi connectivity index (χ2n) is 3.24. The van der Waals surface area contributed by atoms with Gasteiger partial charge in [0, 0.05) is 32.7 Å². The van der Waals surface area contributed by atoms with Crippen molar-refractivity contribution in [1.29, 1.82) is 0 Å². The lowest BCUT2D eigenvalue weighted by Gasteiger charge is -2.07. The van der Waals surface area contributed by atoms with Gasteiger partial charge in [-0.2, -0.15) is 0 Å². The Morgan fingerprint density at radius 3 is 1.81 bits per heavy atom. The molecule has 0 aromatic carbocycles. The Balaban J connectivity index is 2.83. The van der Waals surface area contributed by atoms with E-state index in [4.69, 9.17) is 20.3 Å². The van der Waals surface area contributed by atoms with E-state index in [1.807, 2.05) is 0 Å². The van der Waals surface area contributed by atoms with Crippen molar-refractivity contribution in [2.24, 2.45) is 5.73 Å². The summed E-state index contributed by atoms with van der Waals surface area (Å²) in [6.07, 6.45) is 0. The number of nitrogens with two attached hydrogens (primary N) is 1. The fourth-order valence-electron chi connectivity index (χ4n) is 1.05. The summed E-state index contributed by atoms with van der Waals surface area (Å²) in [5, 5.41) is 14.7. The number of ether oxygens (including phenoxy) is 2. The van der Waals surface area contributed by atoms with E-state index >= 15 is 0 Å². The molecule has 0 atom stereocenters. The van der Waals surface area contributed by atoms with Gasteiger partial charge < -0.3 is 30.9 Å². The summed E-state index contributed by atoms with van der Waals surface area (Å²) in [5.74, 6) is 0. The highest BCUT2D eigenvalue weighted by molar-refractivity contribution is 4.47. The third-order valence-corrected chi connectivity index (χ3v) is 1.82. The van der Waals surface area contributed by atoms with Crippen LogP contribution < -0.4 is 16.4 Å². The van der Waals surface area contributed by atoms with Crippen molar-refractivity contribution in [1.82, 2.24) is 10.6 Å². The van der Waals surface area contributed by atoms with Gasteiger partial charge in [0.1, 0.15) is 0 Å². The van der Waals surface area contributed by atoms with E-state index in [1.165, 1.54) is 0 Å². The minimum Gasteiger partial charge on any atom is -0.395 e. The molecule has 6 nitrogen and oxygen atoms in total. The first kappa shape index (κ1) is 15.8. The summed E-state index contributed by atoms with van der Waals surface area (Å²) >= 11 is 0. The van der Waals surface area contributed by atoms with Crippen LogP contribution in [0.25, 0.3) is 0 Å². The van der Waals surface area contributed by atoms with E-state index in [0.717, 1.165) is 19.6 Å². The lowest BCUT2D eigenvalue weighted by molar-refractivity contribution is 0.124. The lowest BCUT2D eigenvalue weighted by Crippen LogP contribution is -2.27. The molecule has 0 aromatic rings. The molecule has 0 fully saturated rings. The smallest absolute Gasteiger partial charge is 0.0591 e. The van der Waals surface area contributed by atoms with Gasteiger partial charge in [0.2, 0.25) is 0 Å². The maximum atomic E-state index is 8.49. The van der Waals surface area contributed by atoms with Crippen molar-refractivity contribution in [2.45, 2.75) is 0 Å². The molecule has 0 unspecified atom stereocenters. The number of hydrogen-bond acceptors (Lipinski definition) is 6. The monoisotopic (exact) mass is 235 g/mol. The average molecular weight is 235 g/mol. The molecular formula is C10H25N3O3. The Labute approximate surface area is 97.5 Å². The number of aliphatic hydroxyl groups excluding tert-OH is 1. The van der Waals surface area contributed by atoms with Crippen LogP contribution in [-0.2, 0) is 9.47 Å². The molecular weight excluding hydrogens is 210 g/mol. The number of rotatable bonds is 13. The molecule has 0 rings (SSSR count). The van der Waals surface area contributed by atoms with Gasteiger partial charge in [-0.25, -0.2) is 0 Å². The van der Waals surface area contributed by atoms with Crippen molar-refractivity contribution < 1.29 is 14.6 Å². The summed E-state index contributed by atoms with van der Waals surface area (Å²) in [6, 6.07) is 0. The highest BCUT2D eigenvalue weighted by Gasteiger charge is 1.90. The van der Waals surface area contributed by atoms with Gasteiger partial charge in [-0.1, -0.05) is 0 Å². The van der Waals surface area contributed by atoms with Crippen LogP contribution in [0.1, 0.15) is 0 Å². The Morgan fingerprint density at radius 1 is 0.812 bits per heavy atom. The lowest BCUT2D eigenvalue weighted by atomic mass is 10.6. The van der Waals surface area contributed by atoms with Gasteiger partial charge in [0.15, 0.2) is 0 Å². The molecule has 0 saturated carbocycles. The summed E-state index contributed by atoms with van der Waals surface area (Å²) in [7, 11) is 0. The minimum atomic E-state index is 0.171. The maximum Gasteiger partial charge on any atom is 0.0591 e. The van der Waals surface area contributed by atoms with Crippen molar-refractivity contribution in [2.75, 3.05) is 65.8 Å². The first-order valence-electron chi connectivity index (χ1n) is 5.79. The first-order chi connectivity index (χ1) is 7.91. The Bertz CT molecular complexity index is 114. The third-order valence-electron chi connectivity index (χ3n) is 1.82. The van der Waals surface area contributed by atoms with Crippen LogP contribution in [0, 0.1) is 0 Å². The highest BCUT2D eigenvalue weighted by Crippen LogP contribution is 1.74. The van der Waals surface area contributed by atoms with Crippen molar-refractivity contribution in [3.8, 4) is 0 Å². The first-order valence-corrected chi connectivity index (χ1v) is 5.79. The molecule has 0 amide bonds. The van der Waals surface area contributed by atoms with Crippen LogP contribution in [-0.4, -0.2) is 70.9 Å². The molecule has 0 aromatic heterocycles. The fraction of sp³-hybridized carbons (Fsp3) is 1.00. The summed E-state index contributed by atoms with van der Waals surface area (Å²) in [4.78, 5) is 0. The molecule has 5 N–H and O–H groups in total. The third kappa shape index (κ3) is 13.8. The molecule has 0 aliphatic carbocycles.